The quantitative estimate of drug-likeness (QED) is 0.795. The number of halogens is 1. The summed E-state index contributed by atoms with van der Waals surface area (Å²) >= 11 is 0. The third kappa shape index (κ3) is 3.70. The van der Waals surface area contributed by atoms with E-state index in [1.165, 1.54) is 0 Å². The van der Waals surface area contributed by atoms with Gasteiger partial charge in [-0.1, -0.05) is 13.8 Å². The summed E-state index contributed by atoms with van der Waals surface area (Å²) in [7, 11) is 0. The Labute approximate surface area is 110 Å². The van der Waals surface area contributed by atoms with E-state index >= 15 is 0 Å². The molecule has 18 heavy (non-hydrogen) atoms. The van der Waals surface area contributed by atoms with Gasteiger partial charge in [-0.25, -0.2) is 4.39 Å². The summed E-state index contributed by atoms with van der Waals surface area (Å²) in [4.78, 5) is 2.31. The van der Waals surface area contributed by atoms with E-state index < -0.39 is 0 Å². The van der Waals surface area contributed by atoms with Crippen molar-refractivity contribution in [2.75, 3.05) is 24.5 Å². The van der Waals surface area contributed by atoms with Crippen LogP contribution in [0.4, 0.5) is 10.1 Å². The van der Waals surface area contributed by atoms with Gasteiger partial charge in [0.15, 0.2) is 0 Å². The van der Waals surface area contributed by atoms with E-state index in [0.717, 1.165) is 37.3 Å². The molecule has 0 aliphatic heterocycles. The first-order chi connectivity index (χ1) is 8.63. The number of hydrogen-bond donors (Lipinski definition) is 1. The Morgan fingerprint density at radius 2 is 2.00 bits per heavy atom. The molecular formula is C15H25FN2. The summed E-state index contributed by atoms with van der Waals surface area (Å²) < 4.78 is 13.5. The maximum atomic E-state index is 13.5. The van der Waals surface area contributed by atoms with Crippen molar-refractivity contribution >= 4 is 5.69 Å². The van der Waals surface area contributed by atoms with E-state index in [-0.39, 0.29) is 11.9 Å². The van der Waals surface area contributed by atoms with Crippen LogP contribution in [0.15, 0.2) is 18.2 Å². The van der Waals surface area contributed by atoms with Crippen LogP contribution in [0.5, 0.6) is 0 Å². The zero-order valence-electron chi connectivity index (χ0n) is 12.0. The van der Waals surface area contributed by atoms with Gasteiger partial charge in [-0.05, 0) is 50.6 Å². The summed E-state index contributed by atoms with van der Waals surface area (Å²) in [6.07, 6.45) is 1.10. The molecule has 0 aliphatic rings. The first-order valence-electron chi connectivity index (χ1n) is 6.91. The monoisotopic (exact) mass is 252 g/mol. The third-order valence-electron chi connectivity index (χ3n) is 3.18. The second-order valence-electron chi connectivity index (χ2n) is 4.56. The fraction of sp³-hybridized carbons (Fsp3) is 0.600. The standard InChI is InChI=1S/C15H25FN2/c1-5-10-18(7-3)15-9-8-13(16)11-14(15)12(4)17-6-2/h8-9,11-12,17H,5-7,10H2,1-4H3. The molecule has 0 saturated heterocycles. The van der Waals surface area contributed by atoms with E-state index in [1.807, 2.05) is 6.07 Å². The number of nitrogens with zero attached hydrogens (tertiary/aromatic N) is 1. The Kier molecular flexibility index (Phi) is 6.13. The van der Waals surface area contributed by atoms with E-state index in [1.54, 1.807) is 12.1 Å². The van der Waals surface area contributed by atoms with Crippen molar-refractivity contribution in [1.29, 1.82) is 0 Å². The summed E-state index contributed by atoms with van der Waals surface area (Å²) in [6, 6.07) is 5.28. The van der Waals surface area contributed by atoms with Gasteiger partial charge < -0.3 is 10.2 Å². The molecule has 1 aromatic carbocycles. The fourth-order valence-electron chi connectivity index (χ4n) is 2.30. The molecule has 3 heteroatoms. The van der Waals surface area contributed by atoms with Gasteiger partial charge in [-0.3, -0.25) is 0 Å². The molecule has 1 atom stereocenters. The topological polar surface area (TPSA) is 15.3 Å². The number of hydrogen-bond acceptors (Lipinski definition) is 2. The molecule has 1 rings (SSSR count). The molecule has 0 amide bonds. The average Bonchev–Trinajstić information content (AvgIpc) is 2.36. The zero-order valence-corrected chi connectivity index (χ0v) is 12.0. The van der Waals surface area contributed by atoms with Crippen LogP contribution >= 0.6 is 0 Å². The molecule has 0 saturated carbocycles. The van der Waals surface area contributed by atoms with Gasteiger partial charge in [0.05, 0.1) is 0 Å². The van der Waals surface area contributed by atoms with Crippen molar-refractivity contribution in [3.05, 3.63) is 29.6 Å². The van der Waals surface area contributed by atoms with Crippen molar-refractivity contribution in [2.24, 2.45) is 0 Å². The SMILES string of the molecule is CCCN(CC)c1ccc(F)cc1C(C)NCC. The Balaban J connectivity index is 3.08. The van der Waals surface area contributed by atoms with Gasteiger partial charge in [0, 0.05) is 24.8 Å². The molecule has 1 aromatic rings. The van der Waals surface area contributed by atoms with E-state index in [0.29, 0.717) is 0 Å². The lowest BCUT2D eigenvalue weighted by atomic mass is 10.0. The second-order valence-corrected chi connectivity index (χ2v) is 4.56. The van der Waals surface area contributed by atoms with E-state index in [9.17, 15) is 4.39 Å². The molecule has 0 aromatic heterocycles. The molecule has 2 nitrogen and oxygen atoms in total. The molecule has 1 unspecified atom stereocenters. The largest absolute Gasteiger partial charge is 0.372 e. The Morgan fingerprint density at radius 3 is 2.56 bits per heavy atom. The second kappa shape index (κ2) is 7.37. The van der Waals surface area contributed by atoms with Gasteiger partial charge >= 0.3 is 0 Å². The first kappa shape index (κ1) is 15.0. The van der Waals surface area contributed by atoms with Crippen LogP contribution in [-0.2, 0) is 0 Å². The number of benzene rings is 1. The lowest BCUT2D eigenvalue weighted by Gasteiger charge is -2.27. The van der Waals surface area contributed by atoms with Crippen molar-refractivity contribution in [3.8, 4) is 0 Å². The molecule has 0 aliphatic carbocycles. The van der Waals surface area contributed by atoms with Crippen LogP contribution in [0.25, 0.3) is 0 Å². The Morgan fingerprint density at radius 1 is 1.28 bits per heavy atom. The van der Waals surface area contributed by atoms with Gasteiger partial charge in [-0.15, -0.1) is 0 Å². The maximum Gasteiger partial charge on any atom is 0.123 e. The highest BCUT2D eigenvalue weighted by molar-refractivity contribution is 5.55. The minimum Gasteiger partial charge on any atom is -0.372 e. The average molecular weight is 252 g/mol. The Bertz CT molecular complexity index is 366. The summed E-state index contributed by atoms with van der Waals surface area (Å²) in [5.74, 6) is -0.161. The molecule has 0 bridgehead atoms. The van der Waals surface area contributed by atoms with Gasteiger partial charge in [0.1, 0.15) is 5.82 Å². The van der Waals surface area contributed by atoms with Crippen LogP contribution in [0, 0.1) is 5.82 Å². The highest BCUT2D eigenvalue weighted by atomic mass is 19.1. The zero-order chi connectivity index (χ0) is 13.5. The van der Waals surface area contributed by atoms with Crippen molar-refractivity contribution < 1.29 is 4.39 Å². The highest BCUT2D eigenvalue weighted by Crippen LogP contribution is 2.27. The Hall–Kier alpha value is -1.09. The lowest BCUT2D eigenvalue weighted by Crippen LogP contribution is -2.27. The highest BCUT2D eigenvalue weighted by Gasteiger charge is 2.14. The van der Waals surface area contributed by atoms with E-state index in [4.69, 9.17) is 0 Å². The fourth-order valence-corrected chi connectivity index (χ4v) is 2.30. The first-order valence-corrected chi connectivity index (χ1v) is 6.91. The molecule has 1 N–H and O–H groups in total. The molecule has 0 radical (unpaired) electrons. The molecule has 0 spiro atoms. The molecule has 102 valence electrons. The van der Waals surface area contributed by atoms with Crippen LogP contribution in [0.1, 0.15) is 45.7 Å². The predicted molar refractivity (Wildman–Crippen MR) is 76.7 cm³/mol. The number of nitrogens with one attached hydrogen (secondary N) is 1. The lowest BCUT2D eigenvalue weighted by molar-refractivity contribution is 0.580. The van der Waals surface area contributed by atoms with Crippen molar-refractivity contribution in [3.63, 3.8) is 0 Å². The van der Waals surface area contributed by atoms with Gasteiger partial charge in [-0.2, -0.15) is 0 Å². The van der Waals surface area contributed by atoms with Crippen LogP contribution in [-0.4, -0.2) is 19.6 Å². The van der Waals surface area contributed by atoms with Crippen LogP contribution in [0.2, 0.25) is 0 Å². The molecule has 0 fully saturated rings. The van der Waals surface area contributed by atoms with Gasteiger partial charge in [0.2, 0.25) is 0 Å². The molecule has 0 heterocycles. The third-order valence-corrected chi connectivity index (χ3v) is 3.18. The molecular weight excluding hydrogens is 227 g/mol. The van der Waals surface area contributed by atoms with Crippen LogP contribution < -0.4 is 10.2 Å². The van der Waals surface area contributed by atoms with Crippen molar-refractivity contribution in [1.82, 2.24) is 5.32 Å². The number of anilines is 1. The summed E-state index contributed by atoms with van der Waals surface area (Å²) in [5.41, 5.74) is 2.20. The maximum absolute atomic E-state index is 13.5. The van der Waals surface area contributed by atoms with E-state index in [2.05, 4.69) is 37.9 Å². The van der Waals surface area contributed by atoms with Crippen LogP contribution in [0.3, 0.4) is 0 Å². The predicted octanol–water partition coefficient (Wildman–Crippen LogP) is 3.73. The number of rotatable bonds is 7. The smallest absolute Gasteiger partial charge is 0.123 e. The minimum atomic E-state index is -0.161. The summed E-state index contributed by atoms with van der Waals surface area (Å²) in [5, 5.41) is 3.36. The minimum absolute atomic E-state index is 0.161. The normalized spacial score (nSPS) is 12.5. The van der Waals surface area contributed by atoms with Gasteiger partial charge in [0.25, 0.3) is 0 Å². The van der Waals surface area contributed by atoms with Crippen molar-refractivity contribution in [2.45, 2.75) is 40.2 Å². The summed E-state index contributed by atoms with van der Waals surface area (Å²) in [6.45, 7) is 11.3.